The molecule has 0 aliphatic rings. The summed E-state index contributed by atoms with van der Waals surface area (Å²) in [6.07, 6.45) is 0. The highest BCUT2D eigenvalue weighted by Crippen LogP contribution is 2.33. The molecule has 2 aromatic carbocycles. The van der Waals surface area contributed by atoms with Crippen molar-refractivity contribution in [2.75, 3.05) is 0 Å². The van der Waals surface area contributed by atoms with Gasteiger partial charge < -0.3 is 14.2 Å². The molecule has 2 heterocycles. The van der Waals surface area contributed by atoms with Gasteiger partial charge in [0.1, 0.15) is 11.3 Å². The van der Waals surface area contributed by atoms with E-state index in [1.165, 1.54) is 0 Å². The molecule has 4 aromatic rings. The Kier molecular flexibility index (Phi) is 3.97. The molecule has 4 rings (SSSR count). The van der Waals surface area contributed by atoms with E-state index in [1.807, 2.05) is 13.0 Å². The SMILES string of the molecule is CCn1c(=O)c(-c2nc(-c3ccc(Cl)cc3)no2)c(O)c2ccccc21. The number of rotatable bonds is 3. The van der Waals surface area contributed by atoms with Gasteiger partial charge in [-0.1, -0.05) is 28.9 Å². The lowest BCUT2D eigenvalue weighted by atomic mass is 10.1. The smallest absolute Gasteiger partial charge is 0.267 e. The zero-order valence-electron chi connectivity index (χ0n) is 13.8. The first-order valence-corrected chi connectivity index (χ1v) is 8.42. The van der Waals surface area contributed by atoms with E-state index >= 15 is 0 Å². The van der Waals surface area contributed by atoms with Crippen molar-refractivity contribution in [1.29, 1.82) is 0 Å². The Morgan fingerprint density at radius 3 is 2.62 bits per heavy atom. The summed E-state index contributed by atoms with van der Waals surface area (Å²) in [7, 11) is 0. The van der Waals surface area contributed by atoms with Gasteiger partial charge in [0.05, 0.1) is 5.52 Å². The van der Waals surface area contributed by atoms with E-state index in [1.54, 1.807) is 47.0 Å². The molecule has 7 heteroatoms. The Labute approximate surface area is 153 Å². The van der Waals surface area contributed by atoms with Gasteiger partial charge >= 0.3 is 0 Å². The molecule has 0 spiro atoms. The molecule has 0 bridgehead atoms. The number of aryl methyl sites for hydroxylation is 1. The number of pyridine rings is 1. The van der Waals surface area contributed by atoms with Crippen LogP contribution in [-0.4, -0.2) is 19.8 Å². The fourth-order valence-electron chi connectivity index (χ4n) is 2.94. The maximum atomic E-state index is 12.9. The third-order valence-electron chi connectivity index (χ3n) is 4.20. The third-order valence-corrected chi connectivity index (χ3v) is 4.46. The number of hydrogen-bond acceptors (Lipinski definition) is 5. The van der Waals surface area contributed by atoms with E-state index in [9.17, 15) is 9.90 Å². The topological polar surface area (TPSA) is 81.2 Å². The summed E-state index contributed by atoms with van der Waals surface area (Å²) in [5.41, 5.74) is 0.965. The maximum Gasteiger partial charge on any atom is 0.267 e. The summed E-state index contributed by atoms with van der Waals surface area (Å²) in [6, 6.07) is 14.1. The predicted octanol–water partition coefficient (Wildman–Crippen LogP) is 4.10. The Morgan fingerprint density at radius 1 is 1.15 bits per heavy atom. The second kappa shape index (κ2) is 6.31. The lowest BCUT2D eigenvalue weighted by molar-refractivity contribution is 0.425. The zero-order valence-corrected chi connectivity index (χ0v) is 14.6. The Hall–Kier alpha value is -3.12. The summed E-state index contributed by atoms with van der Waals surface area (Å²) in [6.45, 7) is 2.31. The molecule has 0 unspecified atom stereocenters. The standard InChI is InChI=1S/C19H14ClN3O3/c1-2-23-14-6-4-3-5-13(14)16(24)15(19(23)25)18-21-17(22-26-18)11-7-9-12(20)10-8-11/h3-10,24H,2H2,1H3. The van der Waals surface area contributed by atoms with Crippen LogP contribution in [0.5, 0.6) is 5.75 Å². The summed E-state index contributed by atoms with van der Waals surface area (Å²) in [5.74, 6) is 0.124. The van der Waals surface area contributed by atoms with Crippen LogP contribution in [0.1, 0.15) is 6.92 Å². The number of fused-ring (bicyclic) bond motifs is 1. The van der Waals surface area contributed by atoms with Crippen molar-refractivity contribution in [2.45, 2.75) is 13.5 Å². The van der Waals surface area contributed by atoms with Gasteiger partial charge in [0.15, 0.2) is 0 Å². The average Bonchev–Trinajstić information content (AvgIpc) is 3.12. The molecular weight excluding hydrogens is 354 g/mol. The molecule has 6 nitrogen and oxygen atoms in total. The largest absolute Gasteiger partial charge is 0.506 e. The molecule has 0 aliphatic heterocycles. The minimum absolute atomic E-state index is 0.00161. The molecule has 0 fully saturated rings. The molecule has 0 saturated carbocycles. The summed E-state index contributed by atoms with van der Waals surface area (Å²) in [5, 5.41) is 15.7. The first-order valence-electron chi connectivity index (χ1n) is 8.04. The maximum absolute atomic E-state index is 12.9. The molecule has 0 saturated heterocycles. The number of benzene rings is 2. The van der Waals surface area contributed by atoms with Crippen molar-refractivity contribution in [3.05, 3.63) is 63.9 Å². The van der Waals surface area contributed by atoms with Gasteiger partial charge in [-0.3, -0.25) is 4.79 Å². The van der Waals surface area contributed by atoms with Crippen LogP contribution in [0.2, 0.25) is 5.02 Å². The molecule has 0 atom stereocenters. The van der Waals surface area contributed by atoms with Crippen molar-refractivity contribution in [3.63, 3.8) is 0 Å². The number of para-hydroxylation sites is 1. The van der Waals surface area contributed by atoms with Crippen LogP contribution in [0.3, 0.4) is 0 Å². The first kappa shape index (κ1) is 16.4. The lowest BCUT2D eigenvalue weighted by Crippen LogP contribution is -2.21. The second-order valence-electron chi connectivity index (χ2n) is 5.72. The Bertz CT molecular complexity index is 1160. The van der Waals surface area contributed by atoms with Gasteiger partial charge in [-0.25, -0.2) is 0 Å². The highest BCUT2D eigenvalue weighted by Gasteiger charge is 2.22. The van der Waals surface area contributed by atoms with E-state index in [0.29, 0.717) is 33.9 Å². The normalized spacial score (nSPS) is 11.2. The summed E-state index contributed by atoms with van der Waals surface area (Å²) < 4.78 is 6.84. The van der Waals surface area contributed by atoms with Crippen LogP contribution >= 0.6 is 11.6 Å². The zero-order chi connectivity index (χ0) is 18.3. The fraction of sp³-hybridized carbons (Fsp3) is 0.105. The van der Waals surface area contributed by atoms with Crippen LogP contribution in [-0.2, 0) is 6.54 Å². The number of nitrogens with zero attached hydrogens (tertiary/aromatic N) is 3. The van der Waals surface area contributed by atoms with Gasteiger partial charge in [-0.2, -0.15) is 4.98 Å². The van der Waals surface area contributed by atoms with E-state index in [-0.39, 0.29) is 22.8 Å². The minimum Gasteiger partial charge on any atom is -0.506 e. The number of aromatic hydroxyl groups is 1. The summed E-state index contributed by atoms with van der Waals surface area (Å²) >= 11 is 5.89. The van der Waals surface area contributed by atoms with Gasteiger partial charge in [-0.15, -0.1) is 0 Å². The third kappa shape index (κ3) is 2.55. The highest BCUT2D eigenvalue weighted by atomic mass is 35.5. The molecule has 0 aliphatic carbocycles. The second-order valence-corrected chi connectivity index (χ2v) is 6.16. The molecule has 130 valence electrons. The molecule has 26 heavy (non-hydrogen) atoms. The lowest BCUT2D eigenvalue weighted by Gasteiger charge is -2.11. The summed E-state index contributed by atoms with van der Waals surface area (Å²) in [4.78, 5) is 17.2. The highest BCUT2D eigenvalue weighted by molar-refractivity contribution is 6.30. The van der Waals surface area contributed by atoms with Crippen molar-refractivity contribution >= 4 is 22.5 Å². The molecular formula is C19H14ClN3O3. The van der Waals surface area contributed by atoms with Crippen molar-refractivity contribution in [1.82, 2.24) is 14.7 Å². The van der Waals surface area contributed by atoms with Crippen LogP contribution in [0, 0.1) is 0 Å². The van der Waals surface area contributed by atoms with Gasteiger partial charge in [0.25, 0.3) is 11.4 Å². The molecule has 0 radical (unpaired) electrons. The number of hydrogen-bond donors (Lipinski definition) is 1. The van der Waals surface area contributed by atoms with Gasteiger partial charge in [-0.05, 0) is 43.3 Å². The number of aromatic nitrogens is 3. The van der Waals surface area contributed by atoms with Crippen molar-refractivity contribution < 1.29 is 9.63 Å². The molecule has 0 amide bonds. The first-order chi connectivity index (χ1) is 12.6. The van der Waals surface area contributed by atoms with Crippen molar-refractivity contribution in [3.8, 4) is 28.6 Å². The van der Waals surface area contributed by atoms with Gasteiger partial charge in [0, 0.05) is 22.5 Å². The number of halogens is 1. The predicted molar refractivity (Wildman–Crippen MR) is 99.3 cm³/mol. The Morgan fingerprint density at radius 2 is 1.88 bits per heavy atom. The van der Waals surface area contributed by atoms with E-state index in [2.05, 4.69) is 10.1 Å². The van der Waals surface area contributed by atoms with Crippen LogP contribution < -0.4 is 5.56 Å². The molecule has 1 N–H and O–H groups in total. The monoisotopic (exact) mass is 367 g/mol. The van der Waals surface area contributed by atoms with E-state index in [0.717, 1.165) is 0 Å². The van der Waals surface area contributed by atoms with Crippen LogP contribution in [0.4, 0.5) is 0 Å². The van der Waals surface area contributed by atoms with Crippen LogP contribution in [0.15, 0.2) is 57.8 Å². The van der Waals surface area contributed by atoms with Crippen molar-refractivity contribution in [2.24, 2.45) is 0 Å². The van der Waals surface area contributed by atoms with E-state index in [4.69, 9.17) is 16.1 Å². The van der Waals surface area contributed by atoms with E-state index < -0.39 is 0 Å². The quantitative estimate of drug-likeness (QED) is 0.589. The average molecular weight is 368 g/mol. The van der Waals surface area contributed by atoms with Gasteiger partial charge in [0.2, 0.25) is 5.82 Å². The Balaban J connectivity index is 1.93. The minimum atomic E-state index is -0.380. The molecule has 2 aromatic heterocycles. The van der Waals surface area contributed by atoms with Crippen LogP contribution in [0.25, 0.3) is 33.7 Å². The fourth-order valence-corrected chi connectivity index (χ4v) is 3.06.